The van der Waals surface area contributed by atoms with Crippen molar-refractivity contribution in [3.63, 3.8) is 0 Å². The minimum Gasteiger partial charge on any atom is -0.481 e. The molecule has 3 heterocycles. The number of ether oxygens (including phenoxy) is 2. The van der Waals surface area contributed by atoms with Gasteiger partial charge in [0.15, 0.2) is 12.0 Å². The van der Waals surface area contributed by atoms with Crippen LogP contribution in [0.4, 0.5) is 5.82 Å². The lowest BCUT2D eigenvalue weighted by Crippen LogP contribution is -2.44. The van der Waals surface area contributed by atoms with Crippen molar-refractivity contribution >= 4 is 22.7 Å². The van der Waals surface area contributed by atoms with E-state index in [2.05, 4.69) is 9.97 Å². The number of aliphatic hydroxyl groups excluding tert-OH is 2. The number of aliphatic hydroxyl groups is 3. The molecule has 0 spiro atoms. The van der Waals surface area contributed by atoms with Gasteiger partial charge in [0.05, 0.1) is 24.7 Å². The fraction of sp³-hybridized carbons (Fsp3) is 0.500. The Kier molecular flexibility index (Phi) is 4.34. The van der Waals surface area contributed by atoms with Gasteiger partial charge in [-0.05, 0) is 6.92 Å². The molecule has 0 aromatic carbocycles. The van der Waals surface area contributed by atoms with Crippen molar-refractivity contribution in [2.45, 2.75) is 31.0 Å². The van der Waals surface area contributed by atoms with Gasteiger partial charge < -0.3 is 29.4 Å². The Labute approximate surface area is 141 Å². The monoisotopic (exact) mass is 353 g/mol. The number of nitrogens with zero attached hydrogens (tertiary/aromatic N) is 3. The number of fused-ring (bicyclic) bond motifs is 1. The Morgan fingerprint density at radius 1 is 1.52 bits per heavy atom. The van der Waals surface area contributed by atoms with Crippen molar-refractivity contribution < 1.29 is 30.0 Å². The second-order valence-corrected chi connectivity index (χ2v) is 5.90. The third kappa shape index (κ3) is 2.53. The lowest BCUT2D eigenvalue weighted by atomic mass is 9.96. The maximum Gasteiger partial charge on any atom is 0.215 e. The molecule has 0 aliphatic carbocycles. The van der Waals surface area contributed by atoms with Crippen molar-refractivity contribution in [1.29, 1.82) is 5.41 Å². The normalized spacial score (nSPS) is 29.1. The van der Waals surface area contributed by atoms with E-state index >= 15 is 0 Å². The van der Waals surface area contributed by atoms with Gasteiger partial charge >= 0.3 is 0 Å². The highest BCUT2D eigenvalue weighted by molar-refractivity contribution is 6.08. The predicted molar refractivity (Wildman–Crippen MR) is 84.4 cm³/mol. The summed E-state index contributed by atoms with van der Waals surface area (Å²) in [6.07, 6.45) is -0.789. The molecule has 2 aromatic rings. The van der Waals surface area contributed by atoms with Crippen molar-refractivity contribution in [1.82, 2.24) is 14.5 Å². The van der Waals surface area contributed by atoms with Crippen LogP contribution < -0.4 is 5.48 Å². The molecule has 0 amide bonds. The van der Waals surface area contributed by atoms with Crippen LogP contribution in [0, 0.1) is 5.41 Å². The number of rotatable bonds is 4. The first-order valence-electron chi connectivity index (χ1n) is 7.42. The first-order valence-corrected chi connectivity index (χ1v) is 7.42. The number of anilines is 1. The third-order valence-corrected chi connectivity index (χ3v) is 4.35. The second-order valence-electron chi connectivity index (χ2n) is 5.90. The summed E-state index contributed by atoms with van der Waals surface area (Å²) in [6, 6.07) is 0. The third-order valence-electron chi connectivity index (χ3n) is 4.35. The predicted octanol–water partition coefficient (Wildman–Crippen LogP) is -0.794. The van der Waals surface area contributed by atoms with Gasteiger partial charge in [0.2, 0.25) is 5.90 Å². The second kappa shape index (κ2) is 6.20. The van der Waals surface area contributed by atoms with E-state index in [-0.39, 0.29) is 28.3 Å². The van der Waals surface area contributed by atoms with E-state index in [1.54, 1.807) is 0 Å². The van der Waals surface area contributed by atoms with Crippen molar-refractivity contribution in [3.05, 3.63) is 18.1 Å². The van der Waals surface area contributed by atoms with E-state index in [1.807, 2.05) is 5.48 Å². The van der Waals surface area contributed by atoms with E-state index < -0.39 is 30.6 Å². The van der Waals surface area contributed by atoms with Gasteiger partial charge in [-0.3, -0.25) is 16.1 Å². The highest BCUT2D eigenvalue weighted by Crippen LogP contribution is 2.41. The highest BCUT2D eigenvalue weighted by atomic mass is 16.6. The lowest BCUT2D eigenvalue weighted by molar-refractivity contribution is -0.0948. The molecule has 11 heteroatoms. The number of hydrogen-bond acceptors (Lipinski definition) is 10. The van der Waals surface area contributed by atoms with Crippen LogP contribution in [0.3, 0.4) is 0 Å². The average Bonchev–Trinajstić information content (AvgIpc) is 3.10. The summed E-state index contributed by atoms with van der Waals surface area (Å²) in [5.41, 5.74) is 0.683. The minimum absolute atomic E-state index is 0.0393. The van der Waals surface area contributed by atoms with Crippen LogP contribution in [0.15, 0.2) is 12.5 Å². The van der Waals surface area contributed by atoms with E-state index in [4.69, 9.17) is 14.9 Å². The molecule has 11 nitrogen and oxygen atoms in total. The van der Waals surface area contributed by atoms with Crippen LogP contribution in [0.2, 0.25) is 0 Å². The number of nitrogens with one attached hydrogen (secondary N) is 2. The molecule has 1 aliphatic rings. The van der Waals surface area contributed by atoms with Crippen LogP contribution in [0.5, 0.6) is 0 Å². The van der Waals surface area contributed by atoms with Gasteiger partial charge in [-0.2, -0.15) is 0 Å². The van der Waals surface area contributed by atoms with Crippen LogP contribution in [0.25, 0.3) is 11.0 Å². The van der Waals surface area contributed by atoms with Gasteiger partial charge in [-0.15, -0.1) is 0 Å². The van der Waals surface area contributed by atoms with Crippen molar-refractivity contribution in [3.8, 4) is 0 Å². The fourth-order valence-electron chi connectivity index (χ4n) is 3.02. The van der Waals surface area contributed by atoms with Crippen LogP contribution in [0.1, 0.15) is 18.7 Å². The van der Waals surface area contributed by atoms with Gasteiger partial charge in [-0.1, -0.05) is 0 Å². The van der Waals surface area contributed by atoms with Crippen LogP contribution >= 0.6 is 0 Å². The molecule has 3 rings (SSSR count). The molecule has 0 bridgehead atoms. The molecule has 0 saturated carbocycles. The molecule has 2 aromatic heterocycles. The van der Waals surface area contributed by atoms with Crippen LogP contribution in [-0.4, -0.2) is 72.5 Å². The molecule has 1 aliphatic heterocycles. The molecular formula is C14H19N5O6. The Hall–Kier alpha value is -2.31. The van der Waals surface area contributed by atoms with Gasteiger partial charge in [0.25, 0.3) is 0 Å². The summed E-state index contributed by atoms with van der Waals surface area (Å²) in [5.74, 6) is -0.176. The standard InChI is InChI=1S/C14H19N5O6/c1-14(22)9(21)7(4-20)25-13(14)19-3-6(10(15)24-2)8-11(18-23)16-5-17-12(8)19/h3,5,7,9,13,15,20-23H,4H2,1-2H3,(H,16,17,18)/t7-,9-,13?,14-/m1/s1. The zero-order chi connectivity index (χ0) is 18.4. The fourth-order valence-corrected chi connectivity index (χ4v) is 3.02. The Morgan fingerprint density at radius 3 is 2.80 bits per heavy atom. The van der Waals surface area contributed by atoms with E-state index in [0.717, 1.165) is 0 Å². The largest absolute Gasteiger partial charge is 0.481 e. The lowest BCUT2D eigenvalue weighted by Gasteiger charge is -2.27. The van der Waals surface area contributed by atoms with Crippen molar-refractivity contribution in [2.24, 2.45) is 0 Å². The summed E-state index contributed by atoms with van der Waals surface area (Å²) in [4.78, 5) is 8.02. The van der Waals surface area contributed by atoms with Gasteiger partial charge in [0.1, 0.15) is 29.8 Å². The van der Waals surface area contributed by atoms with Crippen molar-refractivity contribution in [2.75, 3.05) is 19.2 Å². The molecule has 1 saturated heterocycles. The Morgan fingerprint density at radius 2 is 2.24 bits per heavy atom. The van der Waals surface area contributed by atoms with Gasteiger partial charge in [0, 0.05) is 6.20 Å². The summed E-state index contributed by atoms with van der Waals surface area (Å²) < 4.78 is 11.9. The van der Waals surface area contributed by atoms with E-state index in [1.165, 1.54) is 31.1 Å². The highest BCUT2D eigenvalue weighted by Gasteiger charge is 2.53. The zero-order valence-electron chi connectivity index (χ0n) is 13.5. The molecule has 136 valence electrons. The SMILES string of the molecule is COC(=N)c1cn(C2O[C@H](CO)[C@@H](O)[C@@]2(C)O)c2ncnc(NO)c12. The minimum atomic E-state index is -1.73. The first kappa shape index (κ1) is 17.5. The number of aromatic nitrogens is 3. The van der Waals surface area contributed by atoms with E-state index in [0.29, 0.717) is 0 Å². The summed E-state index contributed by atoms with van der Waals surface area (Å²) in [6.45, 7) is 0.893. The molecule has 25 heavy (non-hydrogen) atoms. The quantitative estimate of drug-likeness (QED) is 0.234. The number of methoxy groups -OCH3 is 1. The maximum absolute atomic E-state index is 10.7. The summed E-state index contributed by atoms with van der Waals surface area (Å²) >= 11 is 0. The first-order chi connectivity index (χ1) is 11.9. The topological polar surface area (TPSA) is 166 Å². The maximum atomic E-state index is 10.7. The molecule has 1 fully saturated rings. The molecule has 4 atom stereocenters. The van der Waals surface area contributed by atoms with Crippen LogP contribution in [-0.2, 0) is 9.47 Å². The Balaban J connectivity index is 2.22. The smallest absolute Gasteiger partial charge is 0.215 e. The molecular weight excluding hydrogens is 334 g/mol. The average molecular weight is 353 g/mol. The molecule has 1 unspecified atom stereocenters. The van der Waals surface area contributed by atoms with E-state index in [9.17, 15) is 20.5 Å². The Bertz CT molecular complexity index is 806. The van der Waals surface area contributed by atoms with Gasteiger partial charge in [-0.25, -0.2) is 9.97 Å². The molecule has 0 radical (unpaired) electrons. The molecule has 6 N–H and O–H groups in total. The summed E-state index contributed by atoms with van der Waals surface area (Å²) in [5, 5.41) is 47.7. The zero-order valence-corrected chi connectivity index (χ0v) is 13.5. The number of hydrogen-bond donors (Lipinski definition) is 6. The summed E-state index contributed by atoms with van der Waals surface area (Å²) in [7, 11) is 1.31.